The Labute approximate surface area is 162 Å². The van der Waals surface area contributed by atoms with Crippen LogP contribution in [0.3, 0.4) is 0 Å². The zero-order valence-electron chi connectivity index (χ0n) is 14.7. The molecular formula is C18H18ClNO6S. The average molecular weight is 412 g/mol. The van der Waals surface area contributed by atoms with Gasteiger partial charge < -0.3 is 14.8 Å². The van der Waals surface area contributed by atoms with Crippen molar-refractivity contribution in [3.63, 3.8) is 0 Å². The number of hydrogen-bond acceptors (Lipinski definition) is 6. The van der Waals surface area contributed by atoms with Crippen LogP contribution in [-0.2, 0) is 30.6 Å². The van der Waals surface area contributed by atoms with E-state index >= 15 is 0 Å². The number of para-hydroxylation sites is 1. The lowest BCUT2D eigenvalue weighted by atomic mass is 10.1. The van der Waals surface area contributed by atoms with Crippen LogP contribution in [-0.4, -0.2) is 40.3 Å². The first-order valence-corrected chi connectivity index (χ1v) is 10.0. The van der Waals surface area contributed by atoms with Gasteiger partial charge in [0.1, 0.15) is 5.75 Å². The number of methoxy groups -OCH3 is 1. The highest BCUT2D eigenvalue weighted by atomic mass is 35.5. The molecule has 2 aromatic carbocycles. The molecule has 9 heteroatoms. The Bertz CT molecular complexity index is 958. The number of benzene rings is 2. The van der Waals surface area contributed by atoms with E-state index in [-0.39, 0.29) is 17.0 Å². The molecular weight excluding hydrogens is 394 g/mol. The van der Waals surface area contributed by atoms with Gasteiger partial charge in [-0.3, -0.25) is 9.59 Å². The van der Waals surface area contributed by atoms with Crippen molar-refractivity contribution in [3.8, 4) is 5.75 Å². The van der Waals surface area contributed by atoms with Gasteiger partial charge >= 0.3 is 5.97 Å². The molecule has 2 aromatic rings. The summed E-state index contributed by atoms with van der Waals surface area (Å²) in [5.41, 5.74) is 0.649. The van der Waals surface area contributed by atoms with Gasteiger partial charge in [0.05, 0.1) is 24.1 Å². The van der Waals surface area contributed by atoms with Crippen LogP contribution in [0.2, 0.25) is 5.02 Å². The number of amides is 1. The van der Waals surface area contributed by atoms with E-state index in [2.05, 4.69) is 5.32 Å². The van der Waals surface area contributed by atoms with Gasteiger partial charge in [0.2, 0.25) is 0 Å². The molecule has 0 saturated carbocycles. The Balaban J connectivity index is 1.97. The minimum atomic E-state index is -3.51. The third kappa shape index (κ3) is 5.97. The van der Waals surface area contributed by atoms with Crippen molar-refractivity contribution in [2.45, 2.75) is 11.3 Å². The van der Waals surface area contributed by atoms with Gasteiger partial charge in [0.25, 0.3) is 5.91 Å². The Morgan fingerprint density at radius 3 is 2.52 bits per heavy atom. The number of esters is 1. The number of nitrogens with one attached hydrogen (secondary N) is 1. The molecule has 1 N–H and O–H groups in total. The van der Waals surface area contributed by atoms with Gasteiger partial charge in [-0.15, -0.1) is 0 Å². The Hall–Kier alpha value is -2.58. The molecule has 0 unspecified atom stereocenters. The molecule has 1 amide bonds. The van der Waals surface area contributed by atoms with E-state index < -0.39 is 28.3 Å². The normalized spacial score (nSPS) is 10.9. The predicted molar refractivity (Wildman–Crippen MR) is 101 cm³/mol. The van der Waals surface area contributed by atoms with E-state index in [4.69, 9.17) is 21.1 Å². The number of halogens is 1. The topological polar surface area (TPSA) is 98.8 Å². The lowest BCUT2D eigenvalue weighted by Crippen LogP contribution is -2.22. The highest BCUT2D eigenvalue weighted by molar-refractivity contribution is 7.90. The predicted octanol–water partition coefficient (Wildman–Crippen LogP) is 2.48. The van der Waals surface area contributed by atoms with Gasteiger partial charge in [-0.2, -0.15) is 0 Å². The fraction of sp³-hybridized carbons (Fsp3) is 0.222. The zero-order chi connectivity index (χ0) is 20.0. The van der Waals surface area contributed by atoms with Crippen molar-refractivity contribution in [2.24, 2.45) is 0 Å². The van der Waals surface area contributed by atoms with Gasteiger partial charge in [0.15, 0.2) is 16.4 Å². The molecule has 0 aliphatic rings. The Morgan fingerprint density at radius 2 is 1.85 bits per heavy atom. The lowest BCUT2D eigenvalue weighted by molar-refractivity contribution is -0.146. The number of rotatable bonds is 7. The largest absolute Gasteiger partial charge is 0.496 e. The molecule has 144 valence electrons. The maximum Gasteiger partial charge on any atom is 0.310 e. The SMILES string of the molecule is COc1ccc(Cl)cc1CC(=O)OCC(=O)Nc1ccccc1S(C)(=O)=O. The molecule has 27 heavy (non-hydrogen) atoms. The molecule has 0 bridgehead atoms. The van der Waals surface area contributed by atoms with Crippen molar-refractivity contribution in [1.29, 1.82) is 0 Å². The highest BCUT2D eigenvalue weighted by Crippen LogP contribution is 2.23. The van der Waals surface area contributed by atoms with Crippen LogP contribution in [0, 0.1) is 0 Å². The van der Waals surface area contributed by atoms with Crippen molar-refractivity contribution in [1.82, 2.24) is 0 Å². The van der Waals surface area contributed by atoms with Crippen LogP contribution in [0.15, 0.2) is 47.4 Å². The molecule has 0 aliphatic heterocycles. The first-order chi connectivity index (χ1) is 12.7. The summed E-state index contributed by atoms with van der Waals surface area (Å²) >= 11 is 5.91. The second-order valence-corrected chi connectivity index (χ2v) is 8.03. The van der Waals surface area contributed by atoms with E-state index in [1.165, 1.54) is 19.2 Å². The van der Waals surface area contributed by atoms with Crippen LogP contribution in [0.5, 0.6) is 5.75 Å². The Kier molecular flexibility index (Phi) is 6.81. The molecule has 2 rings (SSSR count). The summed E-state index contributed by atoms with van der Waals surface area (Å²) in [7, 11) is -2.05. The van der Waals surface area contributed by atoms with Crippen LogP contribution in [0.4, 0.5) is 5.69 Å². The fourth-order valence-electron chi connectivity index (χ4n) is 2.32. The van der Waals surface area contributed by atoms with E-state index in [1.54, 1.807) is 30.3 Å². The van der Waals surface area contributed by atoms with Crippen molar-refractivity contribution in [3.05, 3.63) is 53.1 Å². The zero-order valence-corrected chi connectivity index (χ0v) is 16.3. The van der Waals surface area contributed by atoms with Gasteiger partial charge in [-0.1, -0.05) is 23.7 Å². The summed E-state index contributed by atoms with van der Waals surface area (Å²) in [5, 5.41) is 2.87. The van der Waals surface area contributed by atoms with Gasteiger partial charge in [0, 0.05) is 16.8 Å². The molecule has 0 aliphatic carbocycles. The van der Waals surface area contributed by atoms with E-state index in [0.29, 0.717) is 16.3 Å². The molecule has 0 heterocycles. The number of carbonyl (C=O) groups excluding carboxylic acids is 2. The van der Waals surface area contributed by atoms with Gasteiger partial charge in [-0.05, 0) is 30.3 Å². The van der Waals surface area contributed by atoms with Crippen LogP contribution in [0.25, 0.3) is 0 Å². The number of carbonyl (C=O) groups is 2. The summed E-state index contributed by atoms with van der Waals surface area (Å²) < 4.78 is 33.6. The first-order valence-electron chi connectivity index (χ1n) is 7.77. The quantitative estimate of drug-likeness (QED) is 0.703. The number of ether oxygens (including phenoxy) is 2. The molecule has 0 radical (unpaired) electrons. The van der Waals surface area contributed by atoms with Crippen LogP contribution in [0.1, 0.15) is 5.56 Å². The van der Waals surface area contributed by atoms with Crippen molar-refractivity contribution in [2.75, 3.05) is 25.3 Å². The molecule has 0 aromatic heterocycles. The smallest absolute Gasteiger partial charge is 0.310 e. The van der Waals surface area contributed by atoms with Gasteiger partial charge in [-0.25, -0.2) is 8.42 Å². The molecule has 0 fully saturated rings. The monoisotopic (exact) mass is 411 g/mol. The number of hydrogen-bond donors (Lipinski definition) is 1. The number of anilines is 1. The first kappa shape index (κ1) is 20.7. The van der Waals surface area contributed by atoms with E-state index in [1.807, 2.05) is 0 Å². The van der Waals surface area contributed by atoms with E-state index in [9.17, 15) is 18.0 Å². The average Bonchev–Trinajstić information content (AvgIpc) is 2.60. The molecule has 0 spiro atoms. The maximum atomic E-state index is 12.0. The molecule has 0 saturated heterocycles. The molecule has 0 atom stereocenters. The lowest BCUT2D eigenvalue weighted by Gasteiger charge is -2.11. The third-order valence-corrected chi connectivity index (χ3v) is 4.89. The van der Waals surface area contributed by atoms with E-state index in [0.717, 1.165) is 6.26 Å². The van der Waals surface area contributed by atoms with Crippen LogP contribution >= 0.6 is 11.6 Å². The minimum absolute atomic E-state index is 0.0201. The summed E-state index contributed by atoms with van der Waals surface area (Å²) in [6.45, 7) is -0.556. The number of sulfone groups is 1. The summed E-state index contributed by atoms with van der Waals surface area (Å²) in [5.74, 6) is -0.831. The Morgan fingerprint density at radius 1 is 1.15 bits per heavy atom. The van der Waals surface area contributed by atoms with Crippen molar-refractivity contribution < 1.29 is 27.5 Å². The second kappa shape index (κ2) is 8.88. The maximum absolute atomic E-state index is 12.0. The van der Waals surface area contributed by atoms with Crippen LogP contribution < -0.4 is 10.1 Å². The third-order valence-electron chi connectivity index (χ3n) is 3.50. The van der Waals surface area contributed by atoms with Crippen molar-refractivity contribution >= 4 is 39.0 Å². The summed E-state index contributed by atoms with van der Waals surface area (Å²) in [4.78, 5) is 24.0. The highest BCUT2D eigenvalue weighted by Gasteiger charge is 2.16. The standard InChI is InChI=1S/C18H18ClNO6S/c1-25-15-8-7-13(19)9-12(15)10-18(22)26-11-17(21)20-14-5-3-4-6-16(14)27(2,23)24/h3-9H,10-11H2,1-2H3,(H,20,21). The second-order valence-electron chi connectivity index (χ2n) is 5.61. The molecule has 7 nitrogen and oxygen atoms in total. The minimum Gasteiger partial charge on any atom is -0.496 e. The fourth-order valence-corrected chi connectivity index (χ4v) is 3.36. The summed E-state index contributed by atoms with van der Waals surface area (Å²) in [6, 6.07) is 10.8. The summed E-state index contributed by atoms with van der Waals surface area (Å²) in [6.07, 6.45) is 0.910.